The van der Waals surface area contributed by atoms with Crippen LogP contribution >= 0.6 is 0 Å². The van der Waals surface area contributed by atoms with Gasteiger partial charge in [0.1, 0.15) is 19.2 Å². The van der Waals surface area contributed by atoms with Gasteiger partial charge in [0.05, 0.1) is 5.60 Å². The molecule has 96 valence electrons. The zero-order valence-corrected chi connectivity index (χ0v) is 10.4. The van der Waals surface area contributed by atoms with E-state index in [9.17, 15) is 9.90 Å². The number of nitrogens with zero attached hydrogens (tertiary/aromatic N) is 4. The highest BCUT2D eigenvalue weighted by molar-refractivity contribution is 5.75. The van der Waals surface area contributed by atoms with E-state index in [4.69, 9.17) is 0 Å². The van der Waals surface area contributed by atoms with Crippen LogP contribution in [0.5, 0.6) is 0 Å². The molecule has 0 aliphatic carbocycles. The molecule has 2 N–H and O–H groups in total. The molecule has 0 aliphatic rings. The highest BCUT2D eigenvalue weighted by Gasteiger charge is 2.21. The molecular formula is C10H19N5O2. The van der Waals surface area contributed by atoms with Crippen molar-refractivity contribution in [1.29, 1.82) is 0 Å². The molecule has 0 bridgehead atoms. The minimum absolute atomic E-state index is 0.109. The van der Waals surface area contributed by atoms with E-state index in [2.05, 4.69) is 15.4 Å². The van der Waals surface area contributed by atoms with Crippen LogP contribution in [0.4, 0.5) is 0 Å². The third-order valence-corrected chi connectivity index (χ3v) is 2.10. The molecule has 7 heteroatoms. The number of likely N-dealkylation sites (N-methyl/N-ethyl adjacent to an activating group) is 1. The van der Waals surface area contributed by atoms with Crippen molar-refractivity contribution >= 4 is 5.91 Å². The monoisotopic (exact) mass is 241 g/mol. The number of hydrogen-bond acceptors (Lipinski definition) is 5. The summed E-state index contributed by atoms with van der Waals surface area (Å²) < 4.78 is 1.43. The lowest BCUT2D eigenvalue weighted by molar-refractivity contribution is -0.123. The van der Waals surface area contributed by atoms with E-state index in [1.54, 1.807) is 6.92 Å². The molecule has 0 spiro atoms. The fourth-order valence-corrected chi connectivity index (χ4v) is 1.54. The van der Waals surface area contributed by atoms with Crippen molar-refractivity contribution in [3.63, 3.8) is 0 Å². The second kappa shape index (κ2) is 5.74. The molecule has 1 amide bonds. The van der Waals surface area contributed by atoms with Crippen LogP contribution in [-0.4, -0.2) is 63.5 Å². The molecule has 0 fully saturated rings. The van der Waals surface area contributed by atoms with Crippen LogP contribution in [0.15, 0.2) is 12.7 Å². The van der Waals surface area contributed by atoms with Gasteiger partial charge in [-0.3, -0.25) is 4.79 Å². The van der Waals surface area contributed by atoms with Gasteiger partial charge in [0.15, 0.2) is 0 Å². The summed E-state index contributed by atoms with van der Waals surface area (Å²) in [7, 11) is 3.73. The molecule has 1 atom stereocenters. The van der Waals surface area contributed by atoms with Crippen molar-refractivity contribution in [3.05, 3.63) is 12.7 Å². The first-order valence-electron chi connectivity index (χ1n) is 5.35. The van der Waals surface area contributed by atoms with Crippen LogP contribution in [-0.2, 0) is 11.3 Å². The summed E-state index contributed by atoms with van der Waals surface area (Å²) in [6.45, 7) is 2.48. The fraction of sp³-hybridized carbons (Fsp3) is 0.700. The van der Waals surface area contributed by atoms with Crippen LogP contribution in [0.3, 0.4) is 0 Å². The molecule has 1 unspecified atom stereocenters. The van der Waals surface area contributed by atoms with E-state index in [0.717, 1.165) is 0 Å². The topological polar surface area (TPSA) is 83.3 Å². The number of hydrogen-bond donors (Lipinski definition) is 2. The van der Waals surface area contributed by atoms with Gasteiger partial charge in [0, 0.05) is 13.1 Å². The summed E-state index contributed by atoms with van der Waals surface area (Å²) in [5, 5.41) is 16.5. The number of nitrogens with one attached hydrogen (secondary N) is 1. The Kier molecular flexibility index (Phi) is 4.59. The van der Waals surface area contributed by atoms with Crippen molar-refractivity contribution < 1.29 is 9.90 Å². The van der Waals surface area contributed by atoms with E-state index in [-0.39, 0.29) is 19.0 Å². The molecule has 0 saturated carbocycles. The summed E-state index contributed by atoms with van der Waals surface area (Å²) in [4.78, 5) is 17.1. The van der Waals surface area contributed by atoms with Crippen LogP contribution in [0.2, 0.25) is 0 Å². The van der Waals surface area contributed by atoms with Gasteiger partial charge in [-0.25, -0.2) is 9.67 Å². The van der Waals surface area contributed by atoms with Gasteiger partial charge in [-0.15, -0.1) is 0 Å². The number of carbonyl (C=O) groups is 1. The van der Waals surface area contributed by atoms with Crippen molar-refractivity contribution in [1.82, 2.24) is 25.0 Å². The maximum Gasteiger partial charge on any atom is 0.241 e. The normalized spacial score (nSPS) is 14.6. The molecule has 1 aromatic rings. The smallest absolute Gasteiger partial charge is 0.241 e. The van der Waals surface area contributed by atoms with Crippen LogP contribution < -0.4 is 5.32 Å². The minimum atomic E-state index is -0.943. The van der Waals surface area contributed by atoms with E-state index in [1.807, 2.05) is 19.0 Å². The lowest BCUT2D eigenvalue weighted by Crippen LogP contribution is -2.47. The Morgan fingerprint density at radius 2 is 2.29 bits per heavy atom. The van der Waals surface area contributed by atoms with Crippen molar-refractivity contribution in [3.8, 4) is 0 Å². The molecule has 0 saturated heterocycles. The third-order valence-electron chi connectivity index (χ3n) is 2.10. The highest BCUT2D eigenvalue weighted by atomic mass is 16.3. The van der Waals surface area contributed by atoms with E-state index < -0.39 is 5.60 Å². The molecule has 1 heterocycles. The number of aliphatic hydroxyl groups is 1. The lowest BCUT2D eigenvalue weighted by atomic mass is 10.1. The van der Waals surface area contributed by atoms with Crippen molar-refractivity contribution in [2.75, 3.05) is 27.2 Å². The van der Waals surface area contributed by atoms with E-state index in [0.29, 0.717) is 6.54 Å². The predicted octanol–water partition coefficient (Wildman–Crippen LogP) is -1.29. The van der Waals surface area contributed by atoms with Gasteiger partial charge in [-0.05, 0) is 21.0 Å². The van der Waals surface area contributed by atoms with Gasteiger partial charge in [-0.1, -0.05) is 0 Å². The number of amides is 1. The highest BCUT2D eigenvalue weighted by Crippen LogP contribution is 2.02. The number of rotatable bonds is 6. The first kappa shape index (κ1) is 13.6. The van der Waals surface area contributed by atoms with Crippen LogP contribution in [0.25, 0.3) is 0 Å². The van der Waals surface area contributed by atoms with Gasteiger partial charge in [0.25, 0.3) is 0 Å². The molecule has 1 aromatic heterocycles. The molecular weight excluding hydrogens is 222 g/mol. The van der Waals surface area contributed by atoms with Crippen LogP contribution in [0.1, 0.15) is 6.92 Å². The number of aromatic nitrogens is 3. The molecule has 1 rings (SSSR count). The minimum Gasteiger partial charge on any atom is -0.387 e. The molecule has 0 aromatic carbocycles. The molecule has 0 aliphatic heterocycles. The molecule has 0 radical (unpaired) electrons. The van der Waals surface area contributed by atoms with Gasteiger partial charge >= 0.3 is 0 Å². The summed E-state index contributed by atoms with van der Waals surface area (Å²) in [6, 6.07) is 0. The second-order valence-corrected chi connectivity index (χ2v) is 4.60. The first-order chi connectivity index (χ1) is 7.89. The second-order valence-electron chi connectivity index (χ2n) is 4.60. The third kappa shape index (κ3) is 5.41. The maximum absolute atomic E-state index is 11.5. The molecule has 7 nitrogen and oxygen atoms in total. The Morgan fingerprint density at radius 3 is 2.82 bits per heavy atom. The Balaban J connectivity index is 2.32. The summed E-state index contributed by atoms with van der Waals surface area (Å²) in [5.41, 5.74) is -0.943. The van der Waals surface area contributed by atoms with Crippen molar-refractivity contribution in [2.24, 2.45) is 0 Å². The number of carbonyl (C=O) groups excluding carboxylic acids is 1. The average molecular weight is 241 g/mol. The van der Waals surface area contributed by atoms with Crippen molar-refractivity contribution in [2.45, 2.75) is 19.1 Å². The molecule has 17 heavy (non-hydrogen) atoms. The quantitative estimate of drug-likeness (QED) is 0.647. The van der Waals surface area contributed by atoms with E-state index in [1.165, 1.54) is 17.3 Å². The Hall–Kier alpha value is -1.47. The van der Waals surface area contributed by atoms with Gasteiger partial charge < -0.3 is 15.3 Å². The average Bonchev–Trinajstić information content (AvgIpc) is 2.65. The SMILES string of the molecule is CN(C)CC(C)(O)CNC(=O)Cn1cncn1. The zero-order chi connectivity index (χ0) is 12.9. The lowest BCUT2D eigenvalue weighted by Gasteiger charge is -2.27. The first-order valence-corrected chi connectivity index (χ1v) is 5.35. The standard InChI is InChI=1S/C10H19N5O2/c1-10(17,6-14(2)3)5-12-9(16)4-15-8-11-7-13-15/h7-8,17H,4-6H2,1-3H3,(H,12,16). The zero-order valence-electron chi connectivity index (χ0n) is 10.4. The van der Waals surface area contributed by atoms with Gasteiger partial charge in [0.2, 0.25) is 5.91 Å². The fourth-order valence-electron chi connectivity index (χ4n) is 1.54. The summed E-state index contributed by atoms with van der Waals surface area (Å²) in [6.07, 6.45) is 2.84. The maximum atomic E-state index is 11.5. The summed E-state index contributed by atoms with van der Waals surface area (Å²) >= 11 is 0. The predicted molar refractivity (Wildman–Crippen MR) is 62.2 cm³/mol. The van der Waals surface area contributed by atoms with Gasteiger partial charge in [-0.2, -0.15) is 5.10 Å². The Labute approximate surface area is 100 Å². The van der Waals surface area contributed by atoms with Crippen LogP contribution in [0, 0.1) is 0 Å². The Morgan fingerprint density at radius 1 is 1.59 bits per heavy atom. The summed E-state index contributed by atoms with van der Waals surface area (Å²) in [5.74, 6) is -0.200. The largest absolute Gasteiger partial charge is 0.387 e. The Bertz CT molecular complexity index is 348. The van der Waals surface area contributed by atoms with E-state index >= 15 is 0 Å².